The highest BCUT2D eigenvalue weighted by atomic mass is 14.9. The molecule has 1 unspecified atom stereocenters. The van der Waals surface area contributed by atoms with Crippen molar-refractivity contribution in [3.63, 3.8) is 0 Å². The van der Waals surface area contributed by atoms with Gasteiger partial charge in [-0.25, -0.2) is 0 Å². The van der Waals surface area contributed by atoms with Crippen LogP contribution in [0.15, 0.2) is 9.98 Å². The third-order valence-electron chi connectivity index (χ3n) is 2.40. The van der Waals surface area contributed by atoms with Crippen molar-refractivity contribution in [2.75, 3.05) is 6.54 Å². The molecule has 0 saturated carbocycles. The zero-order chi connectivity index (χ0) is 9.68. The zero-order valence-corrected chi connectivity index (χ0v) is 9.01. The maximum Gasteiger partial charge on any atom is 0.0670 e. The summed E-state index contributed by atoms with van der Waals surface area (Å²) in [6, 6.07) is 0.403. The van der Waals surface area contributed by atoms with Crippen molar-refractivity contribution in [1.29, 1.82) is 0 Å². The van der Waals surface area contributed by atoms with Gasteiger partial charge >= 0.3 is 0 Å². The molecule has 0 aliphatic carbocycles. The fourth-order valence-corrected chi connectivity index (χ4v) is 1.55. The standard InChI is InChI=1S/C11H20N2/c1-4-5-6-7-11-10(3)12-8-9(2)13-11/h9H,4-8H2,1-3H3. The highest BCUT2D eigenvalue weighted by Gasteiger charge is 2.11. The average molecular weight is 180 g/mol. The molecule has 0 aromatic carbocycles. The van der Waals surface area contributed by atoms with Crippen molar-refractivity contribution in [3.05, 3.63) is 0 Å². The third kappa shape index (κ3) is 3.29. The third-order valence-corrected chi connectivity index (χ3v) is 2.40. The Labute approximate surface area is 81.2 Å². The van der Waals surface area contributed by atoms with E-state index in [1.54, 1.807) is 0 Å². The second-order valence-electron chi connectivity index (χ2n) is 3.81. The molecule has 0 amide bonds. The molecule has 0 N–H and O–H groups in total. The first-order valence-electron chi connectivity index (χ1n) is 5.32. The average Bonchev–Trinajstić information content (AvgIpc) is 2.11. The van der Waals surface area contributed by atoms with Crippen LogP contribution in [0.25, 0.3) is 0 Å². The van der Waals surface area contributed by atoms with Crippen LogP contribution in [0.1, 0.15) is 46.5 Å². The lowest BCUT2D eigenvalue weighted by atomic mass is 10.1. The van der Waals surface area contributed by atoms with Gasteiger partial charge in [0.25, 0.3) is 0 Å². The molecule has 1 atom stereocenters. The van der Waals surface area contributed by atoms with E-state index in [0.29, 0.717) is 6.04 Å². The van der Waals surface area contributed by atoms with Crippen molar-refractivity contribution in [2.45, 2.75) is 52.5 Å². The minimum atomic E-state index is 0.403. The van der Waals surface area contributed by atoms with Gasteiger partial charge < -0.3 is 0 Å². The van der Waals surface area contributed by atoms with E-state index in [-0.39, 0.29) is 0 Å². The largest absolute Gasteiger partial charge is 0.286 e. The number of hydrogen-bond acceptors (Lipinski definition) is 2. The minimum Gasteiger partial charge on any atom is -0.286 e. The smallest absolute Gasteiger partial charge is 0.0670 e. The van der Waals surface area contributed by atoms with Gasteiger partial charge in [0.1, 0.15) is 0 Å². The van der Waals surface area contributed by atoms with Crippen LogP contribution in [0.2, 0.25) is 0 Å². The summed E-state index contributed by atoms with van der Waals surface area (Å²) in [6.45, 7) is 7.32. The van der Waals surface area contributed by atoms with Crippen LogP contribution in [-0.2, 0) is 0 Å². The minimum absolute atomic E-state index is 0.403. The summed E-state index contributed by atoms with van der Waals surface area (Å²) in [4.78, 5) is 9.08. The molecule has 0 aromatic heterocycles. The summed E-state index contributed by atoms with van der Waals surface area (Å²) >= 11 is 0. The normalized spacial score (nSPS) is 22.5. The van der Waals surface area contributed by atoms with Crippen LogP contribution in [0, 0.1) is 0 Å². The molecule has 0 saturated heterocycles. The molecule has 74 valence electrons. The number of hydrogen-bond donors (Lipinski definition) is 0. The lowest BCUT2D eigenvalue weighted by molar-refractivity contribution is 0.717. The number of aliphatic imine (C=N–C) groups is 2. The lowest BCUT2D eigenvalue weighted by Crippen LogP contribution is -2.21. The van der Waals surface area contributed by atoms with E-state index in [0.717, 1.165) is 18.7 Å². The van der Waals surface area contributed by atoms with Gasteiger partial charge in [-0.05, 0) is 26.7 Å². The SMILES string of the molecule is CCCCCC1=NC(C)CN=C1C. The number of unbranched alkanes of at least 4 members (excludes halogenated alkanes) is 2. The van der Waals surface area contributed by atoms with Crippen LogP contribution >= 0.6 is 0 Å². The Kier molecular flexibility index (Phi) is 4.13. The van der Waals surface area contributed by atoms with Crippen LogP contribution in [0.3, 0.4) is 0 Å². The van der Waals surface area contributed by atoms with Crippen LogP contribution < -0.4 is 0 Å². The molecule has 1 rings (SSSR count). The maximum absolute atomic E-state index is 4.62. The Hall–Kier alpha value is -0.660. The molecule has 2 nitrogen and oxygen atoms in total. The fourth-order valence-electron chi connectivity index (χ4n) is 1.55. The van der Waals surface area contributed by atoms with Crippen LogP contribution in [0.5, 0.6) is 0 Å². The zero-order valence-electron chi connectivity index (χ0n) is 9.01. The molecule has 0 fully saturated rings. The summed E-state index contributed by atoms with van der Waals surface area (Å²) < 4.78 is 0. The topological polar surface area (TPSA) is 24.7 Å². The second-order valence-corrected chi connectivity index (χ2v) is 3.81. The summed E-state index contributed by atoms with van der Waals surface area (Å²) in [5.74, 6) is 0. The highest BCUT2D eigenvalue weighted by Crippen LogP contribution is 2.08. The van der Waals surface area contributed by atoms with E-state index < -0.39 is 0 Å². The van der Waals surface area contributed by atoms with Gasteiger partial charge in [0.15, 0.2) is 0 Å². The molecule has 1 heterocycles. The molecule has 0 bridgehead atoms. The summed E-state index contributed by atoms with van der Waals surface area (Å²) in [5, 5.41) is 0. The molecule has 0 aromatic rings. The quantitative estimate of drug-likeness (QED) is 0.594. The first-order valence-corrected chi connectivity index (χ1v) is 5.32. The Morgan fingerprint density at radius 1 is 1.38 bits per heavy atom. The molecule has 1 aliphatic heterocycles. The van der Waals surface area contributed by atoms with Gasteiger partial charge in [0.05, 0.1) is 24.0 Å². The van der Waals surface area contributed by atoms with Gasteiger partial charge in [0, 0.05) is 0 Å². The van der Waals surface area contributed by atoms with E-state index in [4.69, 9.17) is 0 Å². The molecule has 0 radical (unpaired) electrons. The van der Waals surface area contributed by atoms with Crippen molar-refractivity contribution in [3.8, 4) is 0 Å². The molecular formula is C11H20N2. The van der Waals surface area contributed by atoms with Crippen LogP contribution in [-0.4, -0.2) is 24.0 Å². The highest BCUT2D eigenvalue weighted by molar-refractivity contribution is 6.41. The van der Waals surface area contributed by atoms with E-state index in [1.165, 1.54) is 25.0 Å². The van der Waals surface area contributed by atoms with Crippen molar-refractivity contribution in [2.24, 2.45) is 9.98 Å². The van der Waals surface area contributed by atoms with Crippen molar-refractivity contribution >= 4 is 11.4 Å². The summed E-state index contributed by atoms with van der Waals surface area (Å²) in [6.07, 6.45) is 4.96. The lowest BCUT2D eigenvalue weighted by Gasteiger charge is -2.15. The molecule has 1 aliphatic rings. The predicted molar refractivity (Wildman–Crippen MR) is 59.0 cm³/mol. The second kappa shape index (κ2) is 5.15. The van der Waals surface area contributed by atoms with Gasteiger partial charge in [-0.3, -0.25) is 9.98 Å². The van der Waals surface area contributed by atoms with Crippen LogP contribution in [0.4, 0.5) is 0 Å². The van der Waals surface area contributed by atoms with Crippen molar-refractivity contribution < 1.29 is 0 Å². The van der Waals surface area contributed by atoms with Crippen molar-refractivity contribution in [1.82, 2.24) is 0 Å². The number of nitrogens with zero attached hydrogens (tertiary/aromatic N) is 2. The van der Waals surface area contributed by atoms with Gasteiger partial charge in [-0.2, -0.15) is 0 Å². The molecular weight excluding hydrogens is 160 g/mol. The Morgan fingerprint density at radius 2 is 2.15 bits per heavy atom. The Morgan fingerprint density at radius 3 is 2.85 bits per heavy atom. The maximum atomic E-state index is 4.62. The van der Waals surface area contributed by atoms with E-state index in [1.807, 2.05) is 0 Å². The monoisotopic (exact) mass is 180 g/mol. The summed E-state index contributed by atoms with van der Waals surface area (Å²) in [5.41, 5.74) is 2.40. The Bertz CT molecular complexity index is 216. The van der Waals surface area contributed by atoms with Gasteiger partial charge in [-0.15, -0.1) is 0 Å². The van der Waals surface area contributed by atoms with E-state index >= 15 is 0 Å². The van der Waals surface area contributed by atoms with E-state index in [9.17, 15) is 0 Å². The molecule has 13 heavy (non-hydrogen) atoms. The fraction of sp³-hybridized carbons (Fsp3) is 0.818. The molecule has 2 heteroatoms. The first-order chi connectivity index (χ1) is 6.24. The first kappa shape index (κ1) is 10.4. The number of rotatable bonds is 4. The Balaban J connectivity index is 2.42. The summed E-state index contributed by atoms with van der Waals surface area (Å²) in [7, 11) is 0. The predicted octanol–water partition coefficient (Wildman–Crippen LogP) is 2.87. The molecule has 0 spiro atoms. The van der Waals surface area contributed by atoms with Gasteiger partial charge in [0.2, 0.25) is 0 Å². The van der Waals surface area contributed by atoms with Gasteiger partial charge in [-0.1, -0.05) is 19.8 Å². The van der Waals surface area contributed by atoms with E-state index in [2.05, 4.69) is 30.8 Å².